The third-order valence-electron chi connectivity index (χ3n) is 3.58. The molecule has 0 amide bonds. The minimum Gasteiger partial charge on any atom is -0.354 e. The highest BCUT2D eigenvalue weighted by molar-refractivity contribution is 7.89. The van der Waals surface area contributed by atoms with Gasteiger partial charge in [-0.25, -0.2) is 18.4 Å². The SMILES string of the molecule is CCCNc1ncc(S(=O)(=O)N2CCN(CC)CC2)cn1. The van der Waals surface area contributed by atoms with Crippen LogP contribution in [0.3, 0.4) is 0 Å². The molecule has 7 nitrogen and oxygen atoms in total. The number of piperazine rings is 1. The van der Waals surface area contributed by atoms with E-state index in [1.807, 2.05) is 6.92 Å². The number of aromatic nitrogens is 2. The smallest absolute Gasteiger partial charge is 0.246 e. The van der Waals surface area contributed by atoms with Crippen LogP contribution in [0.2, 0.25) is 0 Å². The maximum Gasteiger partial charge on any atom is 0.246 e. The van der Waals surface area contributed by atoms with Crippen molar-refractivity contribution < 1.29 is 8.42 Å². The lowest BCUT2D eigenvalue weighted by Crippen LogP contribution is -2.48. The van der Waals surface area contributed by atoms with Gasteiger partial charge >= 0.3 is 0 Å². The Bertz CT molecular complexity index is 538. The Kier molecular flexibility index (Phi) is 5.49. The summed E-state index contributed by atoms with van der Waals surface area (Å²) in [4.78, 5) is 10.5. The molecule has 0 saturated carbocycles. The molecule has 0 aliphatic carbocycles. The molecule has 1 fully saturated rings. The first-order chi connectivity index (χ1) is 10.1. The van der Waals surface area contributed by atoms with E-state index in [9.17, 15) is 8.42 Å². The largest absolute Gasteiger partial charge is 0.354 e. The quantitative estimate of drug-likeness (QED) is 0.830. The van der Waals surface area contributed by atoms with Crippen molar-refractivity contribution in [1.29, 1.82) is 0 Å². The van der Waals surface area contributed by atoms with Crippen LogP contribution in [0.1, 0.15) is 20.3 Å². The molecule has 118 valence electrons. The number of hydrogen-bond acceptors (Lipinski definition) is 6. The lowest BCUT2D eigenvalue weighted by Gasteiger charge is -2.33. The van der Waals surface area contributed by atoms with Crippen LogP contribution in [-0.2, 0) is 10.0 Å². The summed E-state index contributed by atoms with van der Waals surface area (Å²) in [6.07, 6.45) is 3.73. The average molecular weight is 313 g/mol. The summed E-state index contributed by atoms with van der Waals surface area (Å²) in [7, 11) is -3.48. The monoisotopic (exact) mass is 313 g/mol. The van der Waals surface area contributed by atoms with Crippen molar-refractivity contribution in [3.63, 3.8) is 0 Å². The molecule has 1 aliphatic heterocycles. The van der Waals surface area contributed by atoms with Crippen LogP contribution < -0.4 is 5.32 Å². The maximum absolute atomic E-state index is 12.5. The number of rotatable bonds is 6. The van der Waals surface area contributed by atoms with Gasteiger partial charge in [0.25, 0.3) is 0 Å². The number of nitrogens with zero attached hydrogens (tertiary/aromatic N) is 4. The van der Waals surface area contributed by atoms with E-state index < -0.39 is 10.0 Å². The Balaban J connectivity index is 2.05. The molecule has 0 aromatic carbocycles. The number of sulfonamides is 1. The van der Waals surface area contributed by atoms with E-state index in [1.54, 1.807) is 0 Å². The molecule has 0 radical (unpaired) electrons. The van der Waals surface area contributed by atoms with Crippen LogP contribution in [0.15, 0.2) is 17.3 Å². The highest BCUT2D eigenvalue weighted by Crippen LogP contribution is 2.16. The summed E-state index contributed by atoms with van der Waals surface area (Å²) >= 11 is 0. The second kappa shape index (κ2) is 7.15. The minimum atomic E-state index is -3.48. The highest BCUT2D eigenvalue weighted by Gasteiger charge is 2.28. The number of nitrogens with one attached hydrogen (secondary N) is 1. The molecular weight excluding hydrogens is 290 g/mol. The molecule has 1 saturated heterocycles. The second-order valence-corrected chi connectivity index (χ2v) is 6.95. The van der Waals surface area contributed by atoms with Gasteiger partial charge in [0.05, 0.1) is 12.4 Å². The Morgan fingerprint density at radius 1 is 1.14 bits per heavy atom. The lowest BCUT2D eigenvalue weighted by molar-refractivity contribution is 0.196. The Labute approximate surface area is 126 Å². The van der Waals surface area contributed by atoms with Crippen molar-refractivity contribution in [3.8, 4) is 0 Å². The standard InChI is InChI=1S/C13H23N5O2S/c1-3-5-14-13-15-10-12(11-16-13)21(19,20)18-8-6-17(4-2)7-9-18/h10-11H,3-9H2,1-2H3,(H,14,15,16). The number of likely N-dealkylation sites (N-methyl/N-ethyl adjacent to an activating group) is 1. The summed E-state index contributed by atoms with van der Waals surface area (Å²) < 4.78 is 26.5. The normalized spacial score (nSPS) is 17.8. The average Bonchev–Trinajstić information content (AvgIpc) is 2.53. The third-order valence-corrected chi connectivity index (χ3v) is 5.43. The molecule has 21 heavy (non-hydrogen) atoms. The summed E-state index contributed by atoms with van der Waals surface area (Å²) in [5.41, 5.74) is 0. The van der Waals surface area contributed by atoms with Gasteiger partial charge in [0, 0.05) is 32.7 Å². The van der Waals surface area contributed by atoms with E-state index in [-0.39, 0.29) is 4.90 Å². The van der Waals surface area contributed by atoms with Crippen molar-refractivity contribution in [2.75, 3.05) is 44.6 Å². The molecule has 2 heterocycles. The zero-order valence-electron chi connectivity index (χ0n) is 12.6. The number of hydrogen-bond donors (Lipinski definition) is 1. The maximum atomic E-state index is 12.5. The van der Waals surface area contributed by atoms with Gasteiger partial charge in [0.15, 0.2) is 0 Å². The minimum absolute atomic E-state index is 0.162. The molecule has 0 spiro atoms. The lowest BCUT2D eigenvalue weighted by atomic mass is 10.4. The fourth-order valence-corrected chi connectivity index (χ4v) is 3.53. The van der Waals surface area contributed by atoms with E-state index in [1.165, 1.54) is 16.7 Å². The molecular formula is C13H23N5O2S. The van der Waals surface area contributed by atoms with Crippen molar-refractivity contribution >= 4 is 16.0 Å². The summed E-state index contributed by atoms with van der Waals surface area (Å²) in [5, 5.41) is 3.03. The molecule has 0 bridgehead atoms. The molecule has 1 N–H and O–H groups in total. The van der Waals surface area contributed by atoms with E-state index in [4.69, 9.17) is 0 Å². The van der Waals surface area contributed by atoms with Crippen LogP contribution in [-0.4, -0.2) is 66.9 Å². The molecule has 1 aromatic heterocycles. The summed E-state index contributed by atoms with van der Waals surface area (Å²) in [5.74, 6) is 0.464. The Morgan fingerprint density at radius 2 is 1.76 bits per heavy atom. The first kappa shape index (κ1) is 16.1. The fraction of sp³-hybridized carbons (Fsp3) is 0.692. The first-order valence-corrected chi connectivity index (χ1v) is 8.80. The van der Waals surface area contributed by atoms with Crippen LogP contribution in [0.25, 0.3) is 0 Å². The van der Waals surface area contributed by atoms with Gasteiger partial charge in [-0.05, 0) is 13.0 Å². The van der Waals surface area contributed by atoms with E-state index in [0.29, 0.717) is 19.0 Å². The third kappa shape index (κ3) is 3.90. The molecule has 2 rings (SSSR count). The van der Waals surface area contributed by atoms with Gasteiger partial charge in [-0.1, -0.05) is 13.8 Å². The van der Waals surface area contributed by atoms with Crippen LogP contribution >= 0.6 is 0 Å². The van der Waals surface area contributed by atoms with Gasteiger partial charge < -0.3 is 10.2 Å². The Morgan fingerprint density at radius 3 is 2.29 bits per heavy atom. The van der Waals surface area contributed by atoms with Gasteiger partial charge in [-0.2, -0.15) is 4.31 Å². The highest BCUT2D eigenvalue weighted by atomic mass is 32.2. The molecule has 1 aromatic rings. The van der Waals surface area contributed by atoms with Crippen LogP contribution in [0.5, 0.6) is 0 Å². The van der Waals surface area contributed by atoms with Crippen LogP contribution in [0.4, 0.5) is 5.95 Å². The second-order valence-electron chi connectivity index (χ2n) is 5.01. The van der Waals surface area contributed by atoms with Gasteiger partial charge in [-0.3, -0.25) is 0 Å². The van der Waals surface area contributed by atoms with Gasteiger partial charge in [0.2, 0.25) is 16.0 Å². The predicted molar refractivity (Wildman–Crippen MR) is 81.7 cm³/mol. The summed E-state index contributed by atoms with van der Waals surface area (Å²) in [6.45, 7) is 8.43. The topological polar surface area (TPSA) is 78.4 Å². The van der Waals surface area contributed by atoms with Crippen molar-refractivity contribution in [3.05, 3.63) is 12.4 Å². The van der Waals surface area contributed by atoms with Crippen LogP contribution in [0, 0.1) is 0 Å². The van der Waals surface area contributed by atoms with Crippen molar-refractivity contribution in [1.82, 2.24) is 19.2 Å². The first-order valence-electron chi connectivity index (χ1n) is 7.36. The zero-order valence-corrected chi connectivity index (χ0v) is 13.4. The molecule has 1 aliphatic rings. The van der Waals surface area contributed by atoms with Crippen molar-refractivity contribution in [2.45, 2.75) is 25.2 Å². The number of anilines is 1. The van der Waals surface area contributed by atoms with Gasteiger partial charge in [0.1, 0.15) is 4.90 Å². The zero-order chi connectivity index (χ0) is 15.3. The predicted octanol–water partition coefficient (Wildman–Crippen LogP) is 0.625. The van der Waals surface area contributed by atoms with E-state index in [2.05, 4.69) is 27.1 Å². The van der Waals surface area contributed by atoms with Crippen molar-refractivity contribution in [2.24, 2.45) is 0 Å². The Hall–Kier alpha value is -1.25. The van der Waals surface area contributed by atoms with E-state index >= 15 is 0 Å². The van der Waals surface area contributed by atoms with Gasteiger partial charge in [-0.15, -0.1) is 0 Å². The summed E-state index contributed by atoms with van der Waals surface area (Å²) in [6, 6.07) is 0. The van der Waals surface area contributed by atoms with E-state index in [0.717, 1.165) is 32.6 Å². The fourth-order valence-electron chi connectivity index (χ4n) is 2.21. The molecule has 8 heteroatoms. The molecule has 0 atom stereocenters. The molecule has 0 unspecified atom stereocenters.